The van der Waals surface area contributed by atoms with Crippen molar-refractivity contribution < 1.29 is 0 Å². The van der Waals surface area contributed by atoms with E-state index in [0.717, 1.165) is 49.8 Å². The highest BCUT2D eigenvalue weighted by Crippen LogP contribution is 2.24. The summed E-state index contributed by atoms with van der Waals surface area (Å²) in [4.78, 5) is 4.80. The molecule has 0 spiro atoms. The quantitative estimate of drug-likeness (QED) is 0.631. The van der Waals surface area contributed by atoms with Gasteiger partial charge < -0.3 is 10.6 Å². The van der Waals surface area contributed by atoms with Crippen molar-refractivity contribution in [3.8, 4) is 0 Å². The maximum absolute atomic E-state index is 7.77. The molecular formula is C14H26N6. The Bertz CT molecular complexity index is 482. The SMILES string of the molecule is Cc1nn(C)c(N2CCN(CC(C)C)CC2)c1C(=N)N. The lowest BCUT2D eigenvalue weighted by Crippen LogP contribution is -2.48. The maximum Gasteiger partial charge on any atom is 0.137 e. The Hall–Kier alpha value is -1.56. The summed E-state index contributed by atoms with van der Waals surface area (Å²) >= 11 is 0. The monoisotopic (exact) mass is 278 g/mol. The van der Waals surface area contributed by atoms with E-state index in [1.807, 2.05) is 18.7 Å². The zero-order chi connectivity index (χ0) is 14.9. The Morgan fingerprint density at radius 2 is 1.90 bits per heavy atom. The number of nitrogens with two attached hydrogens (primary N) is 1. The largest absolute Gasteiger partial charge is 0.384 e. The molecule has 1 aromatic rings. The second-order valence-electron chi connectivity index (χ2n) is 6.00. The number of hydrogen-bond donors (Lipinski definition) is 2. The van der Waals surface area contributed by atoms with Crippen LogP contribution < -0.4 is 10.6 Å². The predicted molar refractivity (Wildman–Crippen MR) is 82.5 cm³/mol. The fourth-order valence-electron chi connectivity index (χ4n) is 2.98. The first-order valence-corrected chi connectivity index (χ1v) is 7.25. The highest BCUT2D eigenvalue weighted by molar-refractivity contribution is 6.00. The summed E-state index contributed by atoms with van der Waals surface area (Å²) in [6, 6.07) is 0. The van der Waals surface area contributed by atoms with Crippen molar-refractivity contribution in [1.82, 2.24) is 14.7 Å². The number of hydrogen-bond acceptors (Lipinski definition) is 4. The number of nitrogens with one attached hydrogen (secondary N) is 1. The molecule has 0 amide bonds. The van der Waals surface area contributed by atoms with Crippen molar-refractivity contribution in [3.05, 3.63) is 11.3 Å². The van der Waals surface area contributed by atoms with Gasteiger partial charge in [0.05, 0.1) is 11.3 Å². The molecule has 6 nitrogen and oxygen atoms in total. The maximum atomic E-state index is 7.77. The van der Waals surface area contributed by atoms with Crippen LogP contribution in [-0.2, 0) is 7.05 Å². The van der Waals surface area contributed by atoms with Gasteiger partial charge in [-0.2, -0.15) is 5.10 Å². The number of nitrogen functional groups attached to an aromatic ring is 1. The van der Waals surface area contributed by atoms with E-state index in [1.165, 1.54) is 0 Å². The molecule has 0 aromatic carbocycles. The van der Waals surface area contributed by atoms with Gasteiger partial charge in [-0.25, -0.2) is 0 Å². The molecule has 0 atom stereocenters. The highest BCUT2D eigenvalue weighted by Gasteiger charge is 2.25. The topological polar surface area (TPSA) is 74.2 Å². The molecular weight excluding hydrogens is 252 g/mol. The summed E-state index contributed by atoms with van der Waals surface area (Å²) in [5.41, 5.74) is 7.34. The summed E-state index contributed by atoms with van der Waals surface area (Å²) in [6.07, 6.45) is 0. The molecule has 6 heteroatoms. The molecule has 1 aromatic heterocycles. The number of aromatic nitrogens is 2. The third-order valence-corrected chi connectivity index (χ3v) is 3.76. The molecule has 0 bridgehead atoms. The van der Waals surface area contributed by atoms with Crippen LogP contribution in [-0.4, -0.2) is 53.2 Å². The molecule has 20 heavy (non-hydrogen) atoms. The Morgan fingerprint density at radius 3 is 2.40 bits per heavy atom. The van der Waals surface area contributed by atoms with Crippen LogP contribution in [0.15, 0.2) is 0 Å². The van der Waals surface area contributed by atoms with Crippen LogP contribution in [0.25, 0.3) is 0 Å². The fourth-order valence-corrected chi connectivity index (χ4v) is 2.98. The van der Waals surface area contributed by atoms with Crippen molar-refractivity contribution in [3.63, 3.8) is 0 Å². The van der Waals surface area contributed by atoms with Gasteiger partial charge in [-0.3, -0.25) is 15.0 Å². The van der Waals surface area contributed by atoms with Crippen molar-refractivity contribution in [2.45, 2.75) is 20.8 Å². The van der Waals surface area contributed by atoms with Gasteiger partial charge in [0.2, 0.25) is 0 Å². The second kappa shape index (κ2) is 5.83. The fraction of sp³-hybridized carbons (Fsp3) is 0.714. The third kappa shape index (κ3) is 2.95. The van der Waals surface area contributed by atoms with Gasteiger partial charge in [-0.05, 0) is 12.8 Å². The molecule has 112 valence electrons. The molecule has 1 saturated heterocycles. The zero-order valence-corrected chi connectivity index (χ0v) is 13.0. The van der Waals surface area contributed by atoms with Crippen molar-refractivity contribution >= 4 is 11.7 Å². The number of rotatable bonds is 4. The van der Waals surface area contributed by atoms with Crippen LogP contribution in [0.1, 0.15) is 25.1 Å². The number of amidine groups is 1. The molecule has 2 rings (SSSR count). The molecule has 0 unspecified atom stereocenters. The number of piperazine rings is 1. The molecule has 1 aliphatic heterocycles. The van der Waals surface area contributed by atoms with Crippen LogP contribution >= 0.6 is 0 Å². The standard InChI is InChI=1S/C14H26N6/c1-10(2)9-19-5-7-20(8-6-19)14-12(13(15)16)11(3)17-18(14)4/h10H,5-9H2,1-4H3,(H3,15,16). The minimum absolute atomic E-state index is 0.107. The van der Waals surface area contributed by atoms with Crippen LogP contribution in [0.5, 0.6) is 0 Å². The first kappa shape index (κ1) is 14.8. The molecule has 0 aliphatic carbocycles. The van der Waals surface area contributed by atoms with Gasteiger partial charge in [-0.1, -0.05) is 13.8 Å². The first-order chi connectivity index (χ1) is 9.40. The third-order valence-electron chi connectivity index (χ3n) is 3.76. The van der Waals surface area contributed by atoms with E-state index < -0.39 is 0 Å². The predicted octanol–water partition coefficient (Wildman–Crippen LogP) is 0.791. The van der Waals surface area contributed by atoms with Crippen molar-refractivity contribution in [2.75, 3.05) is 37.6 Å². The van der Waals surface area contributed by atoms with E-state index in [0.29, 0.717) is 5.92 Å². The molecule has 0 radical (unpaired) electrons. The number of aryl methyl sites for hydroxylation is 2. The summed E-state index contributed by atoms with van der Waals surface area (Å²) in [5.74, 6) is 1.79. The Labute approximate surface area is 121 Å². The van der Waals surface area contributed by atoms with Crippen molar-refractivity contribution in [1.29, 1.82) is 5.41 Å². The lowest BCUT2D eigenvalue weighted by atomic mass is 10.1. The van der Waals surface area contributed by atoms with Crippen LogP contribution in [0.3, 0.4) is 0 Å². The lowest BCUT2D eigenvalue weighted by Gasteiger charge is -2.37. The Morgan fingerprint density at radius 1 is 1.30 bits per heavy atom. The number of nitrogens with zero attached hydrogens (tertiary/aromatic N) is 4. The van der Waals surface area contributed by atoms with Gasteiger partial charge in [0.25, 0.3) is 0 Å². The first-order valence-electron chi connectivity index (χ1n) is 7.25. The average Bonchev–Trinajstić information content (AvgIpc) is 2.64. The average molecular weight is 278 g/mol. The molecule has 1 aliphatic rings. The van der Waals surface area contributed by atoms with Gasteiger partial charge >= 0.3 is 0 Å². The van der Waals surface area contributed by atoms with E-state index in [-0.39, 0.29) is 5.84 Å². The smallest absolute Gasteiger partial charge is 0.137 e. The summed E-state index contributed by atoms with van der Waals surface area (Å²) in [6.45, 7) is 11.6. The zero-order valence-electron chi connectivity index (χ0n) is 13.0. The van der Waals surface area contributed by atoms with Crippen LogP contribution in [0, 0.1) is 18.3 Å². The van der Waals surface area contributed by atoms with Gasteiger partial charge in [-0.15, -0.1) is 0 Å². The lowest BCUT2D eigenvalue weighted by molar-refractivity contribution is 0.230. The van der Waals surface area contributed by atoms with E-state index in [9.17, 15) is 0 Å². The van der Waals surface area contributed by atoms with Gasteiger partial charge in [0.15, 0.2) is 0 Å². The van der Waals surface area contributed by atoms with E-state index >= 15 is 0 Å². The van der Waals surface area contributed by atoms with Gasteiger partial charge in [0.1, 0.15) is 11.7 Å². The number of anilines is 1. The molecule has 1 fully saturated rings. The minimum Gasteiger partial charge on any atom is -0.384 e. The van der Waals surface area contributed by atoms with Gasteiger partial charge in [0, 0.05) is 39.8 Å². The van der Waals surface area contributed by atoms with Crippen LogP contribution in [0.2, 0.25) is 0 Å². The van der Waals surface area contributed by atoms with E-state index in [1.54, 1.807) is 0 Å². The second-order valence-corrected chi connectivity index (χ2v) is 6.00. The highest BCUT2D eigenvalue weighted by atomic mass is 15.4. The molecule has 3 N–H and O–H groups in total. The normalized spacial score (nSPS) is 16.9. The Kier molecular flexibility index (Phi) is 4.32. The van der Waals surface area contributed by atoms with E-state index in [4.69, 9.17) is 11.1 Å². The summed E-state index contributed by atoms with van der Waals surface area (Å²) < 4.78 is 1.85. The summed E-state index contributed by atoms with van der Waals surface area (Å²) in [7, 11) is 1.93. The Balaban J connectivity index is 2.13. The van der Waals surface area contributed by atoms with Crippen molar-refractivity contribution in [2.24, 2.45) is 18.7 Å². The van der Waals surface area contributed by atoms with E-state index in [2.05, 4.69) is 28.7 Å². The minimum atomic E-state index is 0.107. The summed E-state index contributed by atoms with van der Waals surface area (Å²) in [5, 5.41) is 12.2. The molecule has 0 saturated carbocycles. The van der Waals surface area contributed by atoms with Crippen LogP contribution in [0.4, 0.5) is 5.82 Å². The molecule has 2 heterocycles.